The first-order chi connectivity index (χ1) is 13.6. The van der Waals surface area contributed by atoms with Crippen LogP contribution in [0.5, 0.6) is 17.2 Å². The topological polar surface area (TPSA) is 63.3 Å². The largest absolute Gasteiger partial charge is 0.493 e. The number of hydrogen-bond acceptors (Lipinski definition) is 6. The van der Waals surface area contributed by atoms with Crippen molar-refractivity contribution in [2.75, 3.05) is 21.3 Å². The second-order valence-electron chi connectivity index (χ2n) is 6.63. The number of nitrogens with zero attached hydrogens (tertiary/aromatic N) is 4. The normalized spacial score (nSPS) is 14.9. The van der Waals surface area contributed by atoms with Gasteiger partial charge < -0.3 is 18.8 Å². The van der Waals surface area contributed by atoms with E-state index in [9.17, 15) is 0 Å². The molecule has 0 radical (unpaired) electrons. The molecule has 0 bridgehead atoms. The molecule has 7 nitrogen and oxygen atoms in total. The number of ether oxygens (including phenoxy) is 3. The van der Waals surface area contributed by atoms with Crippen LogP contribution in [0.3, 0.4) is 0 Å². The molecule has 0 fully saturated rings. The van der Waals surface area contributed by atoms with E-state index in [1.807, 2.05) is 19.2 Å². The Hall–Kier alpha value is -2.87. The van der Waals surface area contributed by atoms with Gasteiger partial charge in [-0.2, -0.15) is 5.10 Å². The van der Waals surface area contributed by atoms with E-state index in [1.165, 1.54) is 0 Å². The van der Waals surface area contributed by atoms with Gasteiger partial charge in [0.25, 0.3) is 0 Å². The molecular weight excluding hydrogens is 376 g/mol. The van der Waals surface area contributed by atoms with Crippen molar-refractivity contribution in [1.29, 1.82) is 0 Å². The van der Waals surface area contributed by atoms with E-state index in [-0.39, 0.29) is 0 Å². The smallest absolute Gasteiger partial charge is 0.203 e. The Morgan fingerprint density at radius 3 is 2.46 bits per heavy atom. The highest BCUT2D eigenvalue weighted by Crippen LogP contribution is 2.39. The quantitative estimate of drug-likeness (QED) is 0.622. The zero-order valence-electron chi connectivity index (χ0n) is 16.4. The molecule has 0 spiro atoms. The van der Waals surface area contributed by atoms with Crippen molar-refractivity contribution in [3.8, 4) is 17.2 Å². The molecule has 0 saturated carbocycles. The van der Waals surface area contributed by atoms with Gasteiger partial charge in [0.05, 0.1) is 32.9 Å². The van der Waals surface area contributed by atoms with Gasteiger partial charge in [-0.15, -0.1) is 0 Å². The number of aromatic nitrogens is 4. The van der Waals surface area contributed by atoms with Gasteiger partial charge in [-0.25, -0.2) is 4.98 Å². The van der Waals surface area contributed by atoms with Gasteiger partial charge in [-0.1, -0.05) is 12.2 Å². The molecular formula is C20H22N4O3S. The first-order valence-electron chi connectivity index (χ1n) is 9.01. The van der Waals surface area contributed by atoms with Crippen LogP contribution in [0.4, 0.5) is 0 Å². The number of hydrogen-bond donors (Lipinski definition) is 0. The lowest BCUT2D eigenvalue weighted by atomic mass is 10.0. The van der Waals surface area contributed by atoms with Crippen LogP contribution >= 0.6 is 12.2 Å². The molecule has 4 rings (SSSR count). The van der Waals surface area contributed by atoms with Gasteiger partial charge in [-0.3, -0.25) is 4.68 Å². The molecule has 146 valence electrons. The van der Waals surface area contributed by atoms with Crippen LogP contribution in [0.15, 0.2) is 18.3 Å². The summed E-state index contributed by atoms with van der Waals surface area (Å²) < 4.78 is 21.0. The molecule has 2 aromatic heterocycles. The molecule has 1 aliphatic rings. The summed E-state index contributed by atoms with van der Waals surface area (Å²) in [6.45, 7) is 0.860. The summed E-state index contributed by atoms with van der Waals surface area (Å²) in [7, 11) is 6.71. The Bertz CT molecular complexity index is 1120. The van der Waals surface area contributed by atoms with E-state index < -0.39 is 0 Å². The average Bonchev–Trinajstić information content (AvgIpc) is 3.09. The molecule has 0 atom stereocenters. The number of fused-ring (bicyclic) bond motifs is 2. The molecule has 0 aliphatic carbocycles. The summed E-state index contributed by atoms with van der Waals surface area (Å²) in [6.07, 6.45) is 5.82. The van der Waals surface area contributed by atoms with Crippen molar-refractivity contribution < 1.29 is 14.2 Å². The summed E-state index contributed by atoms with van der Waals surface area (Å²) in [4.78, 5) is 4.87. The van der Waals surface area contributed by atoms with Crippen molar-refractivity contribution in [3.63, 3.8) is 0 Å². The van der Waals surface area contributed by atoms with Crippen molar-refractivity contribution in [2.24, 2.45) is 7.05 Å². The predicted octanol–water partition coefficient (Wildman–Crippen LogP) is 3.86. The Labute approximate surface area is 168 Å². The fourth-order valence-corrected chi connectivity index (χ4v) is 3.95. The Morgan fingerprint density at radius 2 is 1.82 bits per heavy atom. The van der Waals surface area contributed by atoms with Crippen molar-refractivity contribution >= 4 is 34.9 Å². The van der Waals surface area contributed by atoms with Gasteiger partial charge in [0.1, 0.15) is 10.5 Å². The molecule has 0 unspecified atom stereocenters. The summed E-state index contributed by atoms with van der Waals surface area (Å²) in [5.74, 6) is 2.71. The number of allylic oxidation sites excluding steroid dienone is 1. The zero-order chi connectivity index (χ0) is 19.8. The van der Waals surface area contributed by atoms with Crippen LogP contribution in [0.2, 0.25) is 0 Å². The van der Waals surface area contributed by atoms with Crippen molar-refractivity contribution in [1.82, 2.24) is 19.3 Å². The molecule has 3 heterocycles. The molecule has 1 aliphatic heterocycles. The summed E-state index contributed by atoms with van der Waals surface area (Å²) >= 11 is 5.71. The van der Waals surface area contributed by atoms with E-state index in [0.29, 0.717) is 17.2 Å². The number of aryl methyl sites for hydroxylation is 1. The number of methoxy groups -OCH3 is 3. The molecule has 28 heavy (non-hydrogen) atoms. The van der Waals surface area contributed by atoms with Gasteiger partial charge >= 0.3 is 0 Å². The molecule has 0 N–H and O–H groups in total. The van der Waals surface area contributed by atoms with Crippen LogP contribution in [0, 0.1) is 4.64 Å². The van der Waals surface area contributed by atoms with Crippen molar-refractivity contribution in [2.45, 2.75) is 19.4 Å². The first kappa shape index (κ1) is 18.5. The Kier molecular flexibility index (Phi) is 4.80. The van der Waals surface area contributed by atoms with Crippen molar-refractivity contribution in [3.05, 3.63) is 34.4 Å². The third kappa shape index (κ3) is 2.93. The minimum absolute atomic E-state index is 0.577. The van der Waals surface area contributed by atoms with E-state index in [0.717, 1.165) is 52.0 Å². The highest BCUT2D eigenvalue weighted by atomic mass is 32.1. The zero-order valence-corrected chi connectivity index (χ0v) is 17.2. The lowest BCUT2D eigenvalue weighted by molar-refractivity contribution is 0.324. The maximum Gasteiger partial charge on any atom is 0.203 e. The van der Waals surface area contributed by atoms with Gasteiger partial charge in [0.2, 0.25) is 5.75 Å². The molecule has 8 heteroatoms. The van der Waals surface area contributed by atoms with Crippen LogP contribution in [-0.2, 0) is 13.6 Å². The van der Waals surface area contributed by atoms with Gasteiger partial charge in [-0.05, 0) is 42.2 Å². The highest BCUT2D eigenvalue weighted by molar-refractivity contribution is 7.71. The Balaban J connectivity index is 1.89. The van der Waals surface area contributed by atoms with Crippen LogP contribution in [0.25, 0.3) is 22.7 Å². The van der Waals surface area contributed by atoms with E-state index >= 15 is 0 Å². The van der Waals surface area contributed by atoms with Gasteiger partial charge in [0, 0.05) is 13.6 Å². The summed E-state index contributed by atoms with van der Waals surface area (Å²) in [5, 5.41) is 5.22. The SMILES string of the molecule is COc1cc(C=C2CCCn3c2nc2c(cnn2C)c3=S)cc(OC)c1OC. The standard InChI is InChI=1S/C20H22N4O3S/c1-23-19-14(11-21-23)20(28)24-7-5-6-13(18(24)22-19)8-12-9-15(25-2)17(27-4)16(10-12)26-3/h8-11H,5-7H2,1-4H3. The molecule has 0 saturated heterocycles. The van der Waals surface area contributed by atoms with Crippen LogP contribution in [-0.4, -0.2) is 40.7 Å². The number of rotatable bonds is 4. The fraction of sp³-hybridized carbons (Fsp3) is 0.350. The van der Waals surface area contributed by atoms with E-state index in [2.05, 4.69) is 15.7 Å². The average molecular weight is 398 g/mol. The fourth-order valence-electron chi connectivity index (χ4n) is 3.63. The highest BCUT2D eigenvalue weighted by Gasteiger charge is 2.20. The van der Waals surface area contributed by atoms with Crippen LogP contribution in [0.1, 0.15) is 24.2 Å². The van der Waals surface area contributed by atoms with Gasteiger partial charge in [0.15, 0.2) is 17.1 Å². The minimum atomic E-state index is 0.577. The monoisotopic (exact) mass is 398 g/mol. The predicted molar refractivity (Wildman–Crippen MR) is 111 cm³/mol. The van der Waals surface area contributed by atoms with E-state index in [1.54, 1.807) is 32.2 Å². The van der Waals surface area contributed by atoms with E-state index in [4.69, 9.17) is 31.4 Å². The first-order valence-corrected chi connectivity index (χ1v) is 9.41. The summed E-state index contributed by atoms with van der Waals surface area (Å²) in [6, 6.07) is 3.87. The lowest BCUT2D eigenvalue weighted by Crippen LogP contribution is -2.15. The number of benzene rings is 1. The summed E-state index contributed by atoms with van der Waals surface area (Å²) in [5.41, 5.74) is 2.87. The Morgan fingerprint density at radius 1 is 1.11 bits per heavy atom. The molecule has 3 aromatic rings. The maximum absolute atomic E-state index is 5.71. The molecule has 0 amide bonds. The second-order valence-corrected chi connectivity index (χ2v) is 7.02. The molecule has 1 aromatic carbocycles. The minimum Gasteiger partial charge on any atom is -0.493 e. The van der Waals surface area contributed by atoms with Crippen LogP contribution < -0.4 is 14.2 Å². The third-order valence-corrected chi connectivity index (χ3v) is 5.43. The lowest BCUT2D eigenvalue weighted by Gasteiger charge is -2.21. The third-order valence-electron chi connectivity index (χ3n) is 4.99. The maximum atomic E-state index is 5.71. The second kappa shape index (κ2) is 7.27.